The molecule has 0 radical (unpaired) electrons. The van der Waals surface area contributed by atoms with Crippen LogP contribution in [-0.2, 0) is 17.8 Å². The second-order valence-corrected chi connectivity index (χ2v) is 7.63. The van der Waals surface area contributed by atoms with Crippen molar-refractivity contribution in [2.24, 2.45) is 0 Å². The quantitative estimate of drug-likeness (QED) is 0.716. The Kier molecular flexibility index (Phi) is 6.07. The van der Waals surface area contributed by atoms with Gasteiger partial charge in [0, 0.05) is 38.3 Å². The van der Waals surface area contributed by atoms with Gasteiger partial charge < -0.3 is 10.0 Å². The van der Waals surface area contributed by atoms with Crippen LogP contribution in [0, 0.1) is 0 Å². The molecule has 1 saturated heterocycles. The van der Waals surface area contributed by atoms with Crippen molar-refractivity contribution in [3.63, 3.8) is 0 Å². The Morgan fingerprint density at radius 3 is 2.73 bits per heavy atom. The van der Waals surface area contributed by atoms with E-state index in [1.165, 1.54) is 23.5 Å². The molecule has 2 N–H and O–H groups in total. The van der Waals surface area contributed by atoms with Crippen LogP contribution in [0.15, 0.2) is 36.7 Å². The first kappa shape index (κ1) is 20.8. The van der Waals surface area contributed by atoms with Gasteiger partial charge in [-0.05, 0) is 24.0 Å². The number of fused-ring (bicyclic) bond motifs is 1. The summed E-state index contributed by atoms with van der Waals surface area (Å²) in [6.45, 7) is 1.39. The number of nitrogens with one attached hydrogen (secondary N) is 1. The summed E-state index contributed by atoms with van der Waals surface area (Å²) < 4.78 is 36.6. The van der Waals surface area contributed by atoms with E-state index in [0.29, 0.717) is 18.9 Å². The van der Waals surface area contributed by atoms with E-state index in [-0.39, 0.29) is 11.9 Å². The number of hydrogen-bond acceptors (Lipinski definition) is 7. The Balaban J connectivity index is 1.35. The van der Waals surface area contributed by atoms with Gasteiger partial charge in [0.15, 0.2) is 12.4 Å². The summed E-state index contributed by atoms with van der Waals surface area (Å²) in [5.41, 5.74) is 4.87. The lowest BCUT2D eigenvalue weighted by molar-refractivity contribution is -0.167. The van der Waals surface area contributed by atoms with Crippen molar-refractivity contribution in [3.05, 3.63) is 47.8 Å². The van der Waals surface area contributed by atoms with Crippen LogP contribution in [0.1, 0.15) is 17.5 Å². The smallest absolute Gasteiger partial charge is 0.390 e. The molecule has 0 aliphatic carbocycles. The van der Waals surface area contributed by atoms with Crippen molar-refractivity contribution >= 4 is 11.6 Å². The number of piperidine rings is 1. The number of halogens is 3. The standard InChI is InChI=1S/C20H24F3N5O2/c21-20(22,23)12-30-26-18-9-19(25-13-24-18)28-8-6-16(17(29)11-28)27-7-5-14-3-1-2-4-15(14)10-27/h1-4,9,13,16-17,29H,5-8,10-12H2,(H,24,25,26). The normalized spacial score (nSPS) is 22.6. The molecule has 7 nitrogen and oxygen atoms in total. The SMILES string of the molecule is OC1CN(c2cc(NOCC(F)(F)F)ncn2)CCC1N1CCc2ccccc2C1. The first-order chi connectivity index (χ1) is 14.4. The molecule has 0 spiro atoms. The number of benzene rings is 1. The first-order valence-electron chi connectivity index (χ1n) is 9.89. The molecule has 10 heteroatoms. The molecule has 0 amide bonds. The van der Waals surface area contributed by atoms with E-state index in [4.69, 9.17) is 0 Å². The molecular weight excluding hydrogens is 399 g/mol. The zero-order valence-corrected chi connectivity index (χ0v) is 16.3. The van der Waals surface area contributed by atoms with Gasteiger partial charge in [-0.2, -0.15) is 13.2 Å². The third kappa shape index (κ3) is 5.00. The number of anilines is 2. The van der Waals surface area contributed by atoms with Gasteiger partial charge >= 0.3 is 6.18 Å². The number of alkyl halides is 3. The number of hydrogen-bond donors (Lipinski definition) is 2. The van der Waals surface area contributed by atoms with Crippen molar-refractivity contribution < 1.29 is 23.1 Å². The number of aromatic nitrogens is 2. The minimum absolute atomic E-state index is 0.0594. The van der Waals surface area contributed by atoms with Crippen molar-refractivity contribution in [1.82, 2.24) is 14.9 Å². The van der Waals surface area contributed by atoms with Crippen LogP contribution >= 0.6 is 0 Å². The van der Waals surface area contributed by atoms with E-state index in [0.717, 1.165) is 25.9 Å². The van der Waals surface area contributed by atoms with Gasteiger partial charge in [0.2, 0.25) is 0 Å². The largest absolute Gasteiger partial charge is 0.414 e. The predicted octanol–water partition coefficient (Wildman–Crippen LogP) is 2.38. The van der Waals surface area contributed by atoms with Gasteiger partial charge in [0.1, 0.15) is 12.1 Å². The van der Waals surface area contributed by atoms with Gasteiger partial charge in [-0.25, -0.2) is 15.4 Å². The molecule has 2 aromatic rings. The molecule has 2 unspecified atom stereocenters. The number of β-amino-alcohol motifs (C(OH)–C–C–N with tert-alkyl or cyclic N) is 1. The molecule has 2 atom stereocenters. The van der Waals surface area contributed by atoms with Crippen LogP contribution in [0.5, 0.6) is 0 Å². The molecular formula is C20H24F3N5O2. The summed E-state index contributed by atoms with van der Waals surface area (Å²) in [6, 6.07) is 9.97. The van der Waals surface area contributed by atoms with Crippen molar-refractivity contribution in [2.45, 2.75) is 37.7 Å². The Hall–Kier alpha value is -2.43. The maximum atomic E-state index is 12.2. The van der Waals surface area contributed by atoms with Crippen LogP contribution in [0.3, 0.4) is 0 Å². The van der Waals surface area contributed by atoms with E-state index < -0.39 is 18.9 Å². The highest BCUT2D eigenvalue weighted by Gasteiger charge is 2.34. The maximum Gasteiger partial charge on any atom is 0.414 e. The van der Waals surface area contributed by atoms with Crippen LogP contribution < -0.4 is 10.4 Å². The summed E-state index contributed by atoms with van der Waals surface area (Å²) in [5.74, 6) is 0.665. The van der Waals surface area contributed by atoms with Crippen LogP contribution in [0.25, 0.3) is 0 Å². The Morgan fingerprint density at radius 2 is 1.97 bits per heavy atom. The fourth-order valence-electron chi connectivity index (χ4n) is 4.12. The number of aliphatic hydroxyl groups excluding tert-OH is 1. The third-order valence-corrected chi connectivity index (χ3v) is 5.56. The number of rotatable bonds is 5. The Bertz CT molecular complexity index is 866. The molecule has 30 heavy (non-hydrogen) atoms. The van der Waals surface area contributed by atoms with Gasteiger partial charge in [-0.3, -0.25) is 9.74 Å². The number of aliphatic hydroxyl groups is 1. The molecule has 0 bridgehead atoms. The molecule has 0 saturated carbocycles. The fourth-order valence-corrected chi connectivity index (χ4v) is 4.12. The maximum absolute atomic E-state index is 12.2. The van der Waals surface area contributed by atoms with Gasteiger partial charge in [-0.1, -0.05) is 24.3 Å². The van der Waals surface area contributed by atoms with Crippen molar-refractivity contribution in [1.29, 1.82) is 0 Å². The molecule has 2 aliphatic heterocycles. The predicted molar refractivity (Wildman–Crippen MR) is 105 cm³/mol. The van der Waals surface area contributed by atoms with Gasteiger partial charge in [-0.15, -0.1) is 0 Å². The van der Waals surface area contributed by atoms with Gasteiger partial charge in [0.05, 0.1) is 6.10 Å². The highest BCUT2D eigenvalue weighted by molar-refractivity contribution is 5.48. The molecule has 1 fully saturated rings. The third-order valence-electron chi connectivity index (χ3n) is 5.56. The number of nitrogens with zero attached hydrogens (tertiary/aromatic N) is 4. The lowest BCUT2D eigenvalue weighted by Gasteiger charge is -2.43. The van der Waals surface area contributed by atoms with Gasteiger partial charge in [0.25, 0.3) is 0 Å². The van der Waals surface area contributed by atoms with E-state index in [2.05, 4.69) is 43.4 Å². The fraction of sp³-hybridized carbons (Fsp3) is 0.500. The molecule has 3 heterocycles. The summed E-state index contributed by atoms with van der Waals surface area (Å²) in [7, 11) is 0. The summed E-state index contributed by atoms with van der Waals surface area (Å²) in [5, 5.41) is 10.8. The summed E-state index contributed by atoms with van der Waals surface area (Å²) in [6.07, 6.45) is -1.99. The highest BCUT2D eigenvalue weighted by Crippen LogP contribution is 2.27. The molecule has 1 aromatic carbocycles. The minimum Gasteiger partial charge on any atom is -0.390 e. The van der Waals surface area contributed by atoms with Crippen LogP contribution in [0.2, 0.25) is 0 Å². The molecule has 162 valence electrons. The molecule has 2 aliphatic rings. The second-order valence-electron chi connectivity index (χ2n) is 7.63. The monoisotopic (exact) mass is 423 g/mol. The average molecular weight is 423 g/mol. The van der Waals surface area contributed by atoms with E-state index in [9.17, 15) is 18.3 Å². The van der Waals surface area contributed by atoms with Crippen LogP contribution in [0.4, 0.5) is 24.8 Å². The van der Waals surface area contributed by atoms with Crippen LogP contribution in [-0.4, -0.2) is 64.5 Å². The zero-order valence-electron chi connectivity index (χ0n) is 16.3. The topological polar surface area (TPSA) is 73.8 Å². The van der Waals surface area contributed by atoms with E-state index in [1.54, 1.807) is 0 Å². The molecule has 4 rings (SSSR count). The second kappa shape index (κ2) is 8.75. The zero-order chi connectivity index (χ0) is 21.1. The minimum atomic E-state index is -4.43. The lowest BCUT2D eigenvalue weighted by atomic mass is 9.94. The van der Waals surface area contributed by atoms with E-state index >= 15 is 0 Å². The van der Waals surface area contributed by atoms with E-state index in [1.807, 2.05) is 11.0 Å². The Morgan fingerprint density at radius 1 is 1.17 bits per heavy atom. The highest BCUT2D eigenvalue weighted by atomic mass is 19.4. The van der Waals surface area contributed by atoms with Crippen molar-refractivity contribution in [2.75, 3.05) is 36.6 Å². The molecule has 1 aromatic heterocycles. The Labute approximate surface area is 172 Å². The first-order valence-corrected chi connectivity index (χ1v) is 9.89. The summed E-state index contributed by atoms with van der Waals surface area (Å²) >= 11 is 0. The average Bonchev–Trinajstić information content (AvgIpc) is 2.73. The summed E-state index contributed by atoms with van der Waals surface area (Å²) in [4.78, 5) is 16.7. The lowest BCUT2D eigenvalue weighted by Crippen LogP contribution is -2.55. The van der Waals surface area contributed by atoms with Crippen molar-refractivity contribution in [3.8, 4) is 0 Å².